The number of nitro groups is 1. The molecule has 0 spiro atoms. The van der Waals surface area contributed by atoms with Gasteiger partial charge in [-0.2, -0.15) is 0 Å². The van der Waals surface area contributed by atoms with Crippen LogP contribution in [0.5, 0.6) is 5.75 Å². The summed E-state index contributed by atoms with van der Waals surface area (Å²) >= 11 is 6.08. The molecule has 0 fully saturated rings. The molecular formula is C20H14ClNO4. The fourth-order valence-corrected chi connectivity index (χ4v) is 2.67. The summed E-state index contributed by atoms with van der Waals surface area (Å²) in [6, 6.07) is 20.1. The van der Waals surface area contributed by atoms with Gasteiger partial charge in [-0.3, -0.25) is 10.1 Å². The Hall–Kier alpha value is -3.18. The highest BCUT2D eigenvalue weighted by Crippen LogP contribution is 2.26. The van der Waals surface area contributed by atoms with Crippen LogP contribution >= 0.6 is 11.6 Å². The van der Waals surface area contributed by atoms with Crippen LogP contribution in [-0.4, -0.2) is 10.9 Å². The number of nitro benzene ring substituents is 1. The van der Waals surface area contributed by atoms with Gasteiger partial charge in [-0.05, 0) is 35.9 Å². The average molecular weight is 368 g/mol. The molecule has 0 aliphatic carbocycles. The van der Waals surface area contributed by atoms with Gasteiger partial charge in [0.2, 0.25) is 0 Å². The summed E-state index contributed by atoms with van der Waals surface area (Å²) in [5.41, 5.74) is 1.98. The molecular weight excluding hydrogens is 354 g/mol. The Balaban J connectivity index is 1.82. The van der Waals surface area contributed by atoms with E-state index in [0.29, 0.717) is 17.2 Å². The fourth-order valence-electron chi connectivity index (χ4n) is 2.48. The van der Waals surface area contributed by atoms with Gasteiger partial charge >= 0.3 is 5.97 Å². The molecule has 3 rings (SSSR count). The lowest BCUT2D eigenvalue weighted by atomic mass is 10.0. The van der Waals surface area contributed by atoms with Gasteiger partial charge in [0.1, 0.15) is 5.75 Å². The van der Waals surface area contributed by atoms with Crippen molar-refractivity contribution in [1.82, 2.24) is 0 Å². The van der Waals surface area contributed by atoms with Gasteiger partial charge in [-0.25, -0.2) is 4.79 Å². The molecule has 0 aromatic heterocycles. The molecule has 0 aliphatic heterocycles. The number of esters is 1. The molecule has 130 valence electrons. The maximum Gasteiger partial charge on any atom is 0.343 e. The van der Waals surface area contributed by atoms with Gasteiger partial charge in [-0.1, -0.05) is 41.9 Å². The van der Waals surface area contributed by atoms with Gasteiger partial charge in [0.15, 0.2) is 0 Å². The summed E-state index contributed by atoms with van der Waals surface area (Å²) in [5.74, 6) is -0.182. The second kappa shape index (κ2) is 7.80. The number of carbonyl (C=O) groups is 1. The maximum absolute atomic E-state index is 12.4. The summed E-state index contributed by atoms with van der Waals surface area (Å²) in [6.07, 6.45) is 0.560. The van der Waals surface area contributed by atoms with Crippen LogP contribution in [0.1, 0.15) is 21.5 Å². The highest BCUT2D eigenvalue weighted by Gasteiger charge is 2.14. The summed E-state index contributed by atoms with van der Waals surface area (Å²) in [6.45, 7) is 0. The summed E-state index contributed by atoms with van der Waals surface area (Å²) in [4.78, 5) is 22.5. The van der Waals surface area contributed by atoms with Crippen LogP contribution in [0.3, 0.4) is 0 Å². The third kappa shape index (κ3) is 4.26. The van der Waals surface area contributed by atoms with Crippen molar-refractivity contribution in [3.05, 3.63) is 105 Å². The van der Waals surface area contributed by atoms with Crippen molar-refractivity contribution in [3.8, 4) is 5.75 Å². The first kappa shape index (κ1) is 17.6. The van der Waals surface area contributed by atoms with E-state index in [-0.39, 0.29) is 11.3 Å². The van der Waals surface area contributed by atoms with Gasteiger partial charge in [0, 0.05) is 29.1 Å². The van der Waals surface area contributed by atoms with E-state index in [9.17, 15) is 14.9 Å². The Morgan fingerprint density at radius 1 is 1.00 bits per heavy atom. The number of nitrogens with zero attached hydrogens (tertiary/aromatic N) is 1. The number of halogens is 1. The average Bonchev–Trinajstić information content (AvgIpc) is 2.65. The molecule has 0 N–H and O–H groups in total. The molecule has 0 atom stereocenters. The zero-order valence-corrected chi connectivity index (χ0v) is 14.3. The lowest BCUT2D eigenvalue weighted by molar-refractivity contribution is -0.384. The van der Waals surface area contributed by atoms with Crippen molar-refractivity contribution in [2.24, 2.45) is 0 Å². The predicted molar refractivity (Wildman–Crippen MR) is 98.8 cm³/mol. The fraction of sp³-hybridized carbons (Fsp3) is 0.0500. The SMILES string of the molecule is O=C(Oc1ccc(Cl)cc1Cc1ccccc1)c1ccc([N+](=O)[O-])cc1. The van der Waals surface area contributed by atoms with E-state index in [1.807, 2.05) is 30.3 Å². The second-order valence-electron chi connectivity index (χ2n) is 5.61. The number of hydrogen-bond donors (Lipinski definition) is 0. The van der Waals surface area contributed by atoms with Gasteiger partial charge in [0.25, 0.3) is 5.69 Å². The van der Waals surface area contributed by atoms with Gasteiger partial charge < -0.3 is 4.74 Å². The van der Waals surface area contributed by atoms with E-state index in [2.05, 4.69) is 0 Å². The standard InChI is InChI=1S/C20H14ClNO4/c21-17-8-11-19(16(13-17)12-14-4-2-1-3-5-14)26-20(23)15-6-9-18(10-7-15)22(24)25/h1-11,13H,12H2. The molecule has 6 heteroatoms. The Morgan fingerprint density at radius 2 is 1.69 bits per heavy atom. The summed E-state index contributed by atoms with van der Waals surface area (Å²) in [5, 5.41) is 11.2. The minimum absolute atomic E-state index is 0.0854. The zero-order chi connectivity index (χ0) is 18.5. The molecule has 0 unspecified atom stereocenters. The summed E-state index contributed by atoms with van der Waals surface area (Å²) in [7, 11) is 0. The van der Waals surface area contributed by atoms with Crippen molar-refractivity contribution in [3.63, 3.8) is 0 Å². The van der Waals surface area contributed by atoms with E-state index in [1.54, 1.807) is 18.2 Å². The molecule has 3 aromatic rings. The largest absolute Gasteiger partial charge is 0.423 e. The number of ether oxygens (including phenoxy) is 1. The monoisotopic (exact) mass is 367 g/mol. The van der Waals surface area contributed by atoms with E-state index < -0.39 is 10.9 Å². The normalized spacial score (nSPS) is 10.3. The first-order chi connectivity index (χ1) is 12.5. The van der Waals surface area contributed by atoms with Crippen molar-refractivity contribution in [2.45, 2.75) is 6.42 Å². The Kier molecular flexibility index (Phi) is 5.29. The molecule has 5 nitrogen and oxygen atoms in total. The Morgan fingerprint density at radius 3 is 2.35 bits per heavy atom. The van der Waals surface area contributed by atoms with Crippen molar-refractivity contribution >= 4 is 23.3 Å². The predicted octanol–water partition coefficient (Wildman–Crippen LogP) is 5.06. The topological polar surface area (TPSA) is 69.4 Å². The molecule has 0 aliphatic rings. The highest BCUT2D eigenvalue weighted by molar-refractivity contribution is 6.30. The number of benzene rings is 3. The minimum Gasteiger partial charge on any atom is -0.423 e. The smallest absolute Gasteiger partial charge is 0.343 e. The molecule has 0 saturated carbocycles. The third-order valence-corrected chi connectivity index (χ3v) is 4.01. The highest BCUT2D eigenvalue weighted by atomic mass is 35.5. The van der Waals surface area contributed by atoms with Crippen LogP contribution in [0.2, 0.25) is 5.02 Å². The number of rotatable bonds is 5. The van der Waals surface area contributed by atoms with E-state index in [4.69, 9.17) is 16.3 Å². The van der Waals surface area contributed by atoms with Crippen LogP contribution in [0.25, 0.3) is 0 Å². The second-order valence-corrected chi connectivity index (χ2v) is 6.04. The minimum atomic E-state index is -0.587. The summed E-state index contributed by atoms with van der Waals surface area (Å²) < 4.78 is 5.49. The van der Waals surface area contributed by atoms with Crippen molar-refractivity contribution in [1.29, 1.82) is 0 Å². The molecule has 0 saturated heterocycles. The number of non-ortho nitro benzene ring substituents is 1. The molecule has 0 heterocycles. The van der Waals surface area contributed by atoms with E-state index >= 15 is 0 Å². The Bertz CT molecular complexity index is 940. The van der Waals surface area contributed by atoms with Crippen molar-refractivity contribution < 1.29 is 14.5 Å². The number of hydrogen-bond acceptors (Lipinski definition) is 4. The molecule has 3 aromatic carbocycles. The van der Waals surface area contributed by atoms with E-state index in [1.165, 1.54) is 24.3 Å². The lowest BCUT2D eigenvalue weighted by Crippen LogP contribution is -2.10. The first-order valence-electron chi connectivity index (χ1n) is 7.82. The molecule has 0 radical (unpaired) electrons. The zero-order valence-electron chi connectivity index (χ0n) is 13.6. The molecule has 26 heavy (non-hydrogen) atoms. The first-order valence-corrected chi connectivity index (χ1v) is 8.20. The maximum atomic E-state index is 12.4. The Labute approximate surface area is 155 Å². The van der Waals surface area contributed by atoms with Gasteiger partial charge in [0.05, 0.1) is 10.5 Å². The molecule has 0 bridgehead atoms. The van der Waals surface area contributed by atoms with Crippen LogP contribution in [0.4, 0.5) is 5.69 Å². The molecule has 0 amide bonds. The van der Waals surface area contributed by atoms with Crippen LogP contribution in [0.15, 0.2) is 72.8 Å². The lowest BCUT2D eigenvalue weighted by Gasteiger charge is -2.11. The quantitative estimate of drug-likeness (QED) is 0.273. The van der Waals surface area contributed by atoms with Crippen molar-refractivity contribution in [2.75, 3.05) is 0 Å². The number of carbonyl (C=O) groups excluding carboxylic acids is 1. The third-order valence-electron chi connectivity index (χ3n) is 3.78. The van der Waals surface area contributed by atoms with E-state index in [0.717, 1.165) is 11.1 Å². The van der Waals surface area contributed by atoms with Crippen LogP contribution in [-0.2, 0) is 6.42 Å². The van der Waals surface area contributed by atoms with Crippen LogP contribution < -0.4 is 4.74 Å². The van der Waals surface area contributed by atoms with Crippen LogP contribution in [0, 0.1) is 10.1 Å². The van der Waals surface area contributed by atoms with Gasteiger partial charge in [-0.15, -0.1) is 0 Å².